The third kappa shape index (κ3) is 5.42. The standard InChI is InChI=1S/C17H14ClF3N2O2/c1-25-13-4-2-3-11(9-13)7-8-22-16(24)23-12-5-6-15(18)14(10-12)17(19,20)21/h2-10H,1H3,(H2,22,23,24)/b8-7+. The van der Waals surface area contributed by atoms with E-state index in [-0.39, 0.29) is 5.69 Å². The van der Waals surface area contributed by atoms with Crippen molar-refractivity contribution in [3.63, 3.8) is 0 Å². The fraction of sp³-hybridized carbons (Fsp3) is 0.118. The summed E-state index contributed by atoms with van der Waals surface area (Å²) in [5.41, 5.74) is -0.256. The minimum atomic E-state index is -4.60. The van der Waals surface area contributed by atoms with Crippen molar-refractivity contribution in [1.29, 1.82) is 0 Å². The van der Waals surface area contributed by atoms with Crippen LogP contribution in [0.5, 0.6) is 5.75 Å². The highest BCUT2D eigenvalue weighted by Gasteiger charge is 2.33. The smallest absolute Gasteiger partial charge is 0.417 e. The van der Waals surface area contributed by atoms with Crippen LogP contribution in [0.15, 0.2) is 48.7 Å². The summed E-state index contributed by atoms with van der Waals surface area (Å²) in [6.45, 7) is 0. The quantitative estimate of drug-likeness (QED) is 0.781. The summed E-state index contributed by atoms with van der Waals surface area (Å²) < 4.78 is 43.4. The van der Waals surface area contributed by atoms with E-state index in [1.807, 2.05) is 0 Å². The van der Waals surface area contributed by atoms with Crippen LogP contribution >= 0.6 is 11.6 Å². The van der Waals surface area contributed by atoms with E-state index < -0.39 is 22.8 Å². The van der Waals surface area contributed by atoms with Gasteiger partial charge < -0.3 is 15.4 Å². The maximum absolute atomic E-state index is 12.8. The zero-order chi connectivity index (χ0) is 18.4. The Morgan fingerprint density at radius 1 is 1.20 bits per heavy atom. The molecule has 2 N–H and O–H groups in total. The average molecular weight is 371 g/mol. The summed E-state index contributed by atoms with van der Waals surface area (Å²) in [6.07, 6.45) is -1.62. The molecule has 2 aromatic carbocycles. The number of rotatable bonds is 4. The Kier molecular flexibility index (Phi) is 5.93. The number of methoxy groups -OCH3 is 1. The average Bonchev–Trinajstić information content (AvgIpc) is 2.56. The van der Waals surface area contributed by atoms with Crippen LogP contribution in [0.1, 0.15) is 11.1 Å². The molecule has 0 aliphatic heterocycles. The minimum Gasteiger partial charge on any atom is -0.497 e. The first-order chi connectivity index (χ1) is 11.8. The van der Waals surface area contributed by atoms with E-state index in [2.05, 4.69) is 10.6 Å². The first-order valence-electron chi connectivity index (χ1n) is 7.04. The number of urea groups is 1. The van der Waals surface area contributed by atoms with Crippen molar-refractivity contribution in [2.45, 2.75) is 6.18 Å². The molecule has 0 saturated carbocycles. The number of anilines is 1. The Hall–Kier alpha value is -2.67. The number of ether oxygens (including phenoxy) is 1. The van der Waals surface area contributed by atoms with Crippen LogP contribution in [0.4, 0.5) is 23.7 Å². The first kappa shape index (κ1) is 18.7. The molecule has 0 aromatic heterocycles. The van der Waals surface area contributed by atoms with Crippen LogP contribution in [0.25, 0.3) is 6.08 Å². The van der Waals surface area contributed by atoms with Crippen LogP contribution in [0.3, 0.4) is 0 Å². The third-order valence-corrected chi connectivity index (χ3v) is 3.44. The topological polar surface area (TPSA) is 50.4 Å². The zero-order valence-corrected chi connectivity index (χ0v) is 13.8. The van der Waals surface area contributed by atoms with Crippen molar-refractivity contribution < 1.29 is 22.7 Å². The van der Waals surface area contributed by atoms with Crippen LogP contribution in [-0.4, -0.2) is 13.1 Å². The molecule has 0 spiro atoms. The molecule has 0 fully saturated rings. The summed E-state index contributed by atoms with van der Waals surface area (Å²) in [5.74, 6) is 0.660. The molecule has 4 nitrogen and oxygen atoms in total. The number of alkyl halides is 3. The number of amides is 2. The van der Waals surface area contributed by atoms with Gasteiger partial charge in [-0.2, -0.15) is 13.2 Å². The summed E-state index contributed by atoms with van der Waals surface area (Å²) in [6, 6.07) is 9.55. The fourth-order valence-electron chi connectivity index (χ4n) is 1.95. The molecule has 25 heavy (non-hydrogen) atoms. The predicted molar refractivity (Wildman–Crippen MR) is 90.6 cm³/mol. The molecule has 0 aliphatic carbocycles. The Morgan fingerprint density at radius 2 is 1.96 bits per heavy atom. The highest BCUT2D eigenvalue weighted by Crippen LogP contribution is 2.36. The molecule has 0 atom stereocenters. The molecule has 0 heterocycles. The molecule has 0 radical (unpaired) electrons. The molecule has 0 aliphatic rings. The molecule has 132 valence electrons. The fourth-order valence-corrected chi connectivity index (χ4v) is 2.17. The number of halogens is 4. The minimum absolute atomic E-state index is 0.0241. The molecule has 0 unspecified atom stereocenters. The molecular formula is C17H14ClF3N2O2. The lowest BCUT2D eigenvalue weighted by molar-refractivity contribution is -0.137. The number of carbonyl (C=O) groups excluding carboxylic acids is 1. The second-order valence-corrected chi connectivity index (χ2v) is 5.31. The van der Waals surface area contributed by atoms with Crippen molar-refractivity contribution >= 4 is 29.4 Å². The number of hydrogen-bond acceptors (Lipinski definition) is 2. The second-order valence-electron chi connectivity index (χ2n) is 4.90. The van der Waals surface area contributed by atoms with Gasteiger partial charge in [-0.15, -0.1) is 0 Å². The monoisotopic (exact) mass is 370 g/mol. The van der Waals surface area contributed by atoms with Crippen molar-refractivity contribution in [3.8, 4) is 5.75 Å². The lowest BCUT2D eigenvalue weighted by atomic mass is 10.2. The van der Waals surface area contributed by atoms with E-state index in [1.54, 1.807) is 30.3 Å². The molecule has 2 rings (SSSR count). The van der Waals surface area contributed by atoms with Crippen LogP contribution in [0.2, 0.25) is 5.02 Å². The Labute approximate surface area is 147 Å². The summed E-state index contributed by atoms with van der Waals surface area (Å²) in [7, 11) is 1.54. The molecule has 0 bridgehead atoms. The number of nitrogens with one attached hydrogen (secondary N) is 2. The van der Waals surface area contributed by atoms with E-state index in [0.29, 0.717) is 5.75 Å². The SMILES string of the molecule is COc1cccc(/C=C/NC(=O)Nc2ccc(Cl)c(C(F)(F)F)c2)c1. The van der Waals surface area contributed by atoms with E-state index >= 15 is 0 Å². The van der Waals surface area contributed by atoms with Gasteiger partial charge in [0.2, 0.25) is 0 Å². The highest BCUT2D eigenvalue weighted by molar-refractivity contribution is 6.31. The lowest BCUT2D eigenvalue weighted by Crippen LogP contribution is -2.24. The van der Waals surface area contributed by atoms with Gasteiger partial charge in [-0.25, -0.2) is 4.79 Å². The maximum Gasteiger partial charge on any atom is 0.417 e. The van der Waals surface area contributed by atoms with Gasteiger partial charge >= 0.3 is 12.2 Å². The van der Waals surface area contributed by atoms with E-state index in [4.69, 9.17) is 16.3 Å². The van der Waals surface area contributed by atoms with Crippen LogP contribution in [-0.2, 0) is 6.18 Å². The first-order valence-corrected chi connectivity index (χ1v) is 7.42. The third-order valence-electron chi connectivity index (χ3n) is 3.11. The van der Waals surface area contributed by atoms with Crippen molar-refractivity contribution in [1.82, 2.24) is 5.32 Å². The predicted octanol–water partition coefficient (Wildman–Crippen LogP) is 5.16. The zero-order valence-electron chi connectivity index (χ0n) is 13.0. The molecule has 2 aromatic rings. The van der Waals surface area contributed by atoms with Crippen LogP contribution in [0, 0.1) is 0 Å². The van der Waals surface area contributed by atoms with Gasteiger partial charge in [-0.3, -0.25) is 0 Å². The lowest BCUT2D eigenvalue weighted by Gasteiger charge is -2.11. The van der Waals surface area contributed by atoms with E-state index in [9.17, 15) is 18.0 Å². The summed E-state index contributed by atoms with van der Waals surface area (Å²) >= 11 is 5.52. The Balaban J connectivity index is 1.99. The maximum atomic E-state index is 12.8. The van der Waals surface area contributed by atoms with E-state index in [1.165, 1.54) is 19.4 Å². The molecular weight excluding hydrogens is 357 g/mol. The van der Waals surface area contributed by atoms with E-state index in [0.717, 1.165) is 17.7 Å². The summed E-state index contributed by atoms with van der Waals surface area (Å²) in [4.78, 5) is 11.8. The van der Waals surface area contributed by atoms with Gasteiger partial charge in [0.15, 0.2) is 0 Å². The van der Waals surface area contributed by atoms with Gasteiger partial charge in [0.05, 0.1) is 17.7 Å². The highest BCUT2D eigenvalue weighted by atomic mass is 35.5. The normalized spacial score (nSPS) is 11.4. The van der Waals surface area contributed by atoms with Crippen molar-refractivity contribution in [3.05, 3.63) is 64.8 Å². The van der Waals surface area contributed by atoms with Crippen molar-refractivity contribution in [2.75, 3.05) is 12.4 Å². The summed E-state index contributed by atoms with van der Waals surface area (Å²) in [5, 5.41) is 4.28. The van der Waals surface area contributed by atoms with Gasteiger partial charge in [0.1, 0.15) is 5.75 Å². The van der Waals surface area contributed by atoms with Gasteiger partial charge in [-0.05, 0) is 42.0 Å². The number of hydrogen-bond donors (Lipinski definition) is 2. The molecule has 2 amide bonds. The largest absolute Gasteiger partial charge is 0.497 e. The van der Waals surface area contributed by atoms with Gasteiger partial charge in [-0.1, -0.05) is 23.7 Å². The number of carbonyl (C=O) groups is 1. The number of benzene rings is 2. The molecule has 0 saturated heterocycles. The van der Waals surface area contributed by atoms with Gasteiger partial charge in [0.25, 0.3) is 0 Å². The Bertz CT molecular complexity index is 792. The van der Waals surface area contributed by atoms with Crippen LogP contribution < -0.4 is 15.4 Å². The van der Waals surface area contributed by atoms with Crippen molar-refractivity contribution in [2.24, 2.45) is 0 Å². The second kappa shape index (κ2) is 7.94. The Morgan fingerprint density at radius 3 is 2.64 bits per heavy atom. The molecule has 8 heteroatoms. The van der Waals surface area contributed by atoms with Gasteiger partial charge in [0, 0.05) is 11.9 Å².